The molecule has 2 N–H and O–H groups in total. The largest absolute Gasteiger partial charge is 0.495 e. The highest BCUT2D eigenvalue weighted by molar-refractivity contribution is 6.07. The van der Waals surface area contributed by atoms with Gasteiger partial charge in [-0.2, -0.15) is 0 Å². The maximum Gasteiger partial charge on any atom is 0.274 e. The first-order valence-corrected chi connectivity index (χ1v) is 8.89. The smallest absolute Gasteiger partial charge is 0.274 e. The number of methoxy groups -OCH3 is 2. The van der Waals surface area contributed by atoms with Crippen LogP contribution in [0.5, 0.6) is 11.5 Å². The first-order chi connectivity index (χ1) is 14.0. The Labute approximate surface area is 168 Å². The van der Waals surface area contributed by atoms with E-state index in [1.165, 1.54) is 26.4 Å². The van der Waals surface area contributed by atoms with Crippen molar-refractivity contribution in [3.8, 4) is 11.5 Å². The molecule has 7 nitrogen and oxygen atoms in total. The van der Waals surface area contributed by atoms with E-state index in [-0.39, 0.29) is 11.4 Å². The van der Waals surface area contributed by atoms with E-state index >= 15 is 0 Å². The molecule has 0 unspecified atom stereocenters. The van der Waals surface area contributed by atoms with E-state index in [4.69, 9.17) is 9.47 Å². The van der Waals surface area contributed by atoms with E-state index in [2.05, 4.69) is 15.6 Å². The van der Waals surface area contributed by atoms with Crippen molar-refractivity contribution in [2.24, 2.45) is 0 Å². The lowest BCUT2D eigenvalue weighted by atomic mass is 10.2. The second-order valence-corrected chi connectivity index (χ2v) is 6.22. The van der Waals surface area contributed by atoms with Crippen molar-refractivity contribution in [1.82, 2.24) is 4.98 Å². The average molecular weight is 391 g/mol. The van der Waals surface area contributed by atoms with E-state index in [0.717, 1.165) is 5.56 Å². The zero-order valence-corrected chi connectivity index (χ0v) is 16.4. The normalized spacial score (nSPS) is 10.2. The minimum Gasteiger partial charge on any atom is -0.495 e. The standard InChI is InChI=1S/C22H21N3O4/c1-14-11-12-20(29-3)18(13-14)25-22(27)17-9-6-8-16(23-17)21(26)24-15-7-4-5-10-19(15)28-2/h4-13H,1-3H3,(H,24,26)(H,25,27). The molecule has 0 saturated carbocycles. The van der Waals surface area contributed by atoms with Gasteiger partial charge in [0.1, 0.15) is 22.9 Å². The Morgan fingerprint density at radius 1 is 0.759 bits per heavy atom. The van der Waals surface area contributed by atoms with E-state index in [9.17, 15) is 9.59 Å². The third-order valence-corrected chi connectivity index (χ3v) is 4.17. The fourth-order valence-electron chi connectivity index (χ4n) is 2.73. The van der Waals surface area contributed by atoms with Crippen LogP contribution in [0.4, 0.5) is 11.4 Å². The fraction of sp³-hybridized carbons (Fsp3) is 0.136. The van der Waals surface area contributed by atoms with Crippen LogP contribution in [0.1, 0.15) is 26.5 Å². The number of anilines is 2. The van der Waals surface area contributed by atoms with E-state index in [0.29, 0.717) is 22.9 Å². The van der Waals surface area contributed by atoms with Gasteiger partial charge in [0.15, 0.2) is 0 Å². The van der Waals surface area contributed by atoms with Gasteiger partial charge in [-0.3, -0.25) is 9.59 Å². The number of para-hydroxylation sites is 2. The quantitative estimate of drug-likeness (QED) is 0.665. The maximum absolute atomic E-state index is 12.6. The number of hydrogen-bond donors (Lipinski definition) is 2. The number of hydrogen-bond acceptors (Lipinski definition) is 5. The van der Waals surface area contributed by atoms with Crippen LogP contribution in [0.2, 0.25) is 0 Å². The van der Waals surface area contributed by atoms with Crippen LogP contribution in [0.3, 0.4) is 0 Å². The molecule has 0 aliphatic carbocycles. The molecule has 0 atom stereocenters. The number of amides is 2. The highest BCUT2D eigenvalue weighted by Crippen LogP contribution is 2.26. The number of aromatic nitrogens is 1. The summed E-state index contributed by atoms with van der Waals surface area (Å²) in [5, 5.41) is 5.52. The first kappa shape index (κ1) is 19.9. The van der Waals surface area contributed by atoms with Crippen molar-refractivity contribution in [3.05, 3.63) is 77.6 Å². The summed E-state index contributed by atoms with van der Waals surface area (Å²) in [6, 6.07) is 17.2. The number of nitrogens with zero attached hydrogens (tertiary/aromatic N) is 1. The molecule has 0 bridgehead atoms. The summed E-state index contributed by atoms with van der Waals surface area (Å²) in [6.45, 7) is 1.91. The van der Waals surface area contributed by atoms with Gasteiger partial charge in [-0.1, -0.05) is 24.3 Å². The fourth-order valence-corrected chi connectivity index (χ4v) is 2.73. The summed E-state index contributed by atoms with van der Waals surface area (Å²) in [7, 11) is 3.05. The molecule has 148 valence electrons. The number of ether oxygens (including phenoxy) is 2. The van der Waals surface area contributed by atoms with Crippen LogP contribution in [0, 0.1) is 6.92 Å². The molecule has 0 spiro atoms. The summed E-state index contributed by atoms with van der Waals surface area (Å²) in [4.78, 5) is 29.4. The molecule has 3 aromatic rings. The van der Waals surface area contributed by atoms with Crippen LogP contribution < -0.4 is 20.1 Å². The van der Waals surface area contributed by atoms with Crippen molar-refractivity contribution in [3.63, 3.8) is 0 Å². The Kier molecular flexibility index (Phi) is 6.09. The predicted molar refractivity (Wildman–Crippen MR) is 111 cm³/mol. The van der Waals surface area contributed by atoms with Crippen molar-refractivity contribution >= 4 is 23.2 Å². The molecular weight excluding hydrogens is 370 g/mol. The number of nitrogens with one attached hydrogen (secondary N) is 2. The van der Waals surface area contributed by atoms with Crippen LogP contribution >= 0.6 is 0 Å². The first-order valence-electron chi connectivity index (χ1n) is 8.89. The van der Waals surface area contributed by atoms with Crippen molar-refractivity contribution in [2.45, 2.75) is 6.92 Å². The Hall–Kier alpha value is -3.87. The second-order valence-electron chi connectivity index (χ2n) is 6.22. The molecule has 1 aromatic heterocycles. The van der Waals surface area contributed by atoms with Gasteiger partial charge in [-0.15, -0.1) is 0 Å². The van der Waals surface area contributed by atoms with Crippen molar-refractivity contribution in [2.75, 3.05) is 24.9 Å². The summed E-state index contributed by atoms with van der Waals surface area (Å²) in [5.74, 6) is 0.174. The second kappa shape index (κ2) is 8.88. The predicted octanol–water partition coefficient (Wildman–Crippen LogP) is 3.91. The van der Waals surface area contributed by atoms with Crippen LogP contribution in [0.15, 0.2) is 60.7 Å². The lowest BCUT2D eigenvalue weighted by molar-refractivity contribution is 0.101. The highest BCUT2D eigenvalue weighted by atomic mass is 16.5. The van der Waals surface area contributed by atoms with E-state index < -0.39 is 11.8 Å². The number of carbonyl (C=O) groups is 2. The van der Waals surface area contributed by atoms with Gasteiger partial charge in [0.25, 0.3) is 11.8 Å². The Balaban J connectivity index is 1.79. The topological polar surface area (TPSA) is 89.5 Å². The summed E-state index contributed by atoms with van der Waals surface area (Å²) < 4.78 is 10.5. The number of benzene rings is 2. The lowest BCUT2D eigenvalue weighted by Crippen LogP contribution is -2.19. The van der Waals surface area contributed by atoms with Crippen LogP contribution in [0.25, 0.3) is 0 Å². The molecule has 2 amide bonds. The number of pyridine rings is 1. The van der Waals surface area contributed by atoms with Gasteiger partial charge < -0.3 is 20.1 Å². The zero-order chi connectivity index (χ0) is 20.8. The Morgan fingerprint density at radius 3 is 2.00 bits per heavy atom. The third kappa shape index (κ3) is 4.70. The molecule has 0 fully saturated rings. The van der Waals surface area contributed by atoms with E-state index in [1.807, 2.05) is 13.0 Å². The summed E-state index contributed by atoms with van der Waals surface area (Å²) in [6.07, 6.45) is 0. The Bertz CT molecular complexity index is 1050. The molecule has 0 aliphatic heterocycles. The van der Waals surface area contributed by atoms with Gasteiger partial charge in [0, 0.05) is 0 Å². The number of aryl methyl sites for hydroxylation is 1. The molecular formula is C22H21N3O4. The number of rotatable bonds is 6. The van der Waals surface area contributed by atoms with Gasteiger partial charge in [-0.05, 0) is 48.9 Å². The zero-order valence-electron chi connectivity index (χ0n) is 16.4. The minimum atomic E-state index is -0.447. The van der Waals surface area contributed by atoms with Crippen molar-refractivity contribution < 1.29 is 19.1 Å². The average Bonchev–Trinajstić information content (AvgIpc) is 2.74. The lowest BCUT2D eigenvalue weighted by Gasteiger charge is -2.12. The van der Waals surface area contributed by atoms with Gasteiger partial charge in [0.2, 0.25) is 0 Å². The highest BCUT2D eigenvalue weighted by Gasteiger charge is 2.15. The molecule has 0 saturated heterocycles. The van der Waals surface area contributed by atoms with Crippen molar-refractivity contribution in [1.29, 1.82) is 0 Å². The summed E-state index contributed by atoms with van der Waals surface area (Å²) in [5.41, 5.74) is 2.24. The maximum atomic E-state index is 12.6. The van der Waals surface area contributed by atoms with Crippen LogP contribution in [-0.2, 0) is 0 Å². The molecule has 1 heterocycles. The summed E-state index contributed by atoms with van der Waals surface area (Å²) >= 11 is 0. The van der Waals surface area contributed by atoms with Gasteiger partial charge in [-0.25, -0.2) is 4.98 Å². The van der Waals surface area contributed by atoms with Crippen LogP contribution in [-0.4, -0.2) is 31.0 Å². The molecule has 3 rings (SSSR count). The monoisotopic (exact) mass is 391 g/mol. The Morgan fingerprint density at radius 2 is 1.34 bits per heavy atom. The number of carbonyl (C=O) groups excluding carboxylic acids is 2. The molecule has 2 aromatic carbocycles. The SMILES string of the molecule is COc1ccccc1NC(=O)c1cccc(C(=O)Nc2cc(C)ccc2OC)n1. The molecule has 29 heavy (non-hydrogen) atoms. The van der Waals surface area contributed by atoms with Gasteiger partial charge >= 0.3 is 0 Å². The van der Waals surface area contributed by atoms with Gasteiger partial charge in [0.05, 0.1) is 25.6 Å². The minimum absolute atomic E-state index is 0.111. The molecule has 7 heteroatoms. The molecule has 0 radical (unpaired) electrons. The molecule has 0 aliphatic rings. The van der Waals surface area contributed by atoms with E-state index in [1.54, 1.807) is 42.5 Å². The third-order valence-electron chi connectivity index (χ3n) is 4.17.